The van der Waals surface area contributed by atoms with E-state index in [2.05, 4.69) is 15.5 Å². The van der Waals surface area contributed by atoms with Crippen LogP contribution in [-0.2, 0) is 19.1 Å². The lowest BCUT2D eigenvalue weighted by Gasteiger charge is -2.44. The molecule has 0 bridgehead atoms. The third-order valence-electron chi connectivity index (χ3n) is 7.25. The summed E-state index contributed by atoms with van der Waals surface area (Å²) in [6.45, 7) is 8.03. The summed E-state index contributed by atoms with van der Waals surface area (Å²) < 4.78 is 20.4. The second-order valence-electron chi connectivity index (χ2n) is 11.1. The molecule has 3 N–H and O–H groups in total. The van der Waals surface area contributed by atoms with Gasteiger partial charge in [-0.05, 0) is 71.1 Å². The summed E-state index contributed by atoms with van der Waals surface area (Å²) in [6.07, 6.45) is 3.06. The lowest BCUT2D eigenvalue weighted by Crippen LogP contribution is -2.55. The van der Waals surface area contributed by atoms with Gasteiger partial charge in [-0.25, -0.2) is 9.18 Å². The van der Waals surface area contributed by atoms with Gasteiger partial charge in [0.25, 0.3) is 0 Å². The molecule has 4 rings (SSSR count). The van der Waals surface area contributed by atoms with Crippen LogP contribution in [0, 0.1) is 5.82 Å². The highest BCUT2D eigenvalue weighted by molar-refractivity contribution is 6.01. The van der Waals surface area contributed by atoms with Crippen molar-refractivity contribution in [2.75, 3.05) is 36.4 Å². The van der Waals surface area contributed by atoms with Gasteiger partial charge < -0.3 is 25.0 Å². The second-order valence-corrected chi connectivity index (χ2v) is 11.1. The molecular weight excluding hydrogens is 467 g/mol. The second kappa shape index (κ2) is 10.3. The van der Waals surface area contributed by atoms with Gasteiger partial charge in [0.1, 0.15) is 17.5 Å². The first-order chi connectivity index (χ1) is 16.9. The minimum Gasteiger partial charge on any atom is -0.458 e. The molecule has 1 aromatic rings. The molecule has 0 radical (unpaired) electrons. The highest BCUT2D eigenvalue weighted by atomic mass is 19.1. The maximum Gasteiger partial charge on any atom is 0.338 e. The number of aliphatic hydroxyl groups is 1. The summed E-state index contributed by atoms with van der Waals surface area (Å²) in [7, 11) is 0. The standard InChI is InChI=1S/C26H37FN4O5/c1-25(2,3)36-24(34)26(35)10-14-30(15-11-26)18-8-12-31(13-9-18)21-6-4-17(16-19(21)27)28-20-5-7-22(32)29-23(20)33/h4,6,16,18,20,28,35H,5,7-15H2,1-3H3,(H,29,32,33). The number of benzene rings is 1. The average molecular weight is 505 g/mol. The van der Waals surface area contributed by atoms with E-state index in [9.17, 15) is 23.9 Å². The summed E-state index contributed by atoms with van der Waals surface area (Å²) in [6, 6.07) is 4.65. The minimum atomic E-state index is -1.43. The number of anilines is 2. The number of carbonyl (C=O) groups is 3. The van der Waals surface area contributed by atoms with Crippen molar-refractivity contribution in [2.24, 2.45) is 0 Å². The Morgan fingerprint density at radius 2 is 1.81 bits per heavy atom. The van der Waals surface area contributed by atoms with Crippen molar-refractivity contribution >= 4 is 29.2 Å². The molecule has 3 saturated heterocycles. The van der Waals surface area contributed by atoms with E-state index in [1.54, 1.807) is 32.9 Å². The van der Waals surface area contributed by atoms with Crippen LogP contribution in [0.4, 0.5) is 15.8 Å². The lowest BCUT2D eigenvalue weighted by molar-refractivity contribution is -0.182. The number of likely N-dealkylation sites (tertiary alicyclic amines) is 1. The minimum absolute atomic E-state index is 0.260. The van der Waals surface area contributed by atoms with Gasteiger partial charge in [-0.2, -0.15) is 0 Å². The van der Waals surface area contributed by atoms with Crippen molar-refractivity contribution in [1.82, 2.24) is 10.2 Å². The number of halogens is 1. The van der Waals surface area contributed by atoms with Crippen LogP contribution in [0.3, 0.4) is 0 Å². The van der Waals surface area contributed by atoms with Crippen molar-refractivity contribution in [1.29, 1.82) is 0 Å². The highest BCUT2D eigenvalue weighted by Crippen LogP contribution is 2.31. The SMILES string of the molecule is CC(C)(C)OC(=O)C1(O)CCN(C2CCN(c3ccc(NC4CCC(=O)NC4=O)cc3F)CC2)CC1. The molecule has 0 spiro atoms. The molecule has 9 nitrogen and oxygen atoms in total. The number of ether oxygens (including phenoxy) is 1. The smallest absolute Gasteiger partial charge is 0.338 e. The number of carbonyl (C=O) groups excluding carboxylic acids is 3. The number of piperidine rings is 3. The number of nitrogens with one attached hydrogen (secondary N) is 2. The predicted octanol–water partition coefficient (Wildman–Crippen LogP) is 2.18. The molecular formula is C26H37FN4O5. The maximum absolute atomic E-state index is 15.0. The number of rotatable bonds is 5. The monoisotopic (exact) mass is 504 g/mol. The molecule has 1 aromatic carbocycles. The van der Waals surface area contributed by atoms with Crippen LogP contribution in [0.15, 0.2) is 18.2 Å². The van der Waals surface area contributed by atoms with Crippen molar-refractivity contribution < 1.29 is 28.6 Å². The Kier molecular flexibility index (Phi) is 7.56. The molecule has 2 amide bonds. The Morgan fingerprint density at radius 1 is 1.14 bits per heavy atom. The number of imide groups is 1. The average Bonchev–Trinajstić information content (AvgIpc) is 2.81. The zero-order chi connectivity index (χ0) is 26.1. The summed E-state index contributed by atoms with van der Waals surface area (Å²) in [4.78, 5) is 40.1. The van der Waals surface area contributed by atoms with Gasteiger partial charge in [0.2, 0.25) is 11.8 Å². The first kappa shape index (κ1) is 26.3. The van der Waals surface area contributed by atoms with Gasteiger partial charge in [0, 0.05) is 44.3 Å². The normalized spacial score (nSPS) is 23.8. The zero-order valence-corrected chi connectivity index (χ0v) is 21.3. The van der Waals surface area contributed by atoms with Gasteiger partial charge in [0.15, 0.2) is 5.60 Å². The van der Waals surface area contributed by atoms with Crippen LogP contribution >= 0.6 is 0 Å². The van der Waals surface area contributed by atoms with Crippen LogP contribution in [0.5, 0.6) is 0 Å². The van der Waals surface area contributed by atoms with E-state index in [1.807, 2.05) is 4.90 Å². The molecule has 10 heteroatoms. The maximum atomic E-state index is 15.0. The van der Waals surface area contributed by atoms with Crippen LogP contribution in [0.2, 0.25) is 0 Å². The number of amides is 2. The Balaban J connectivity index is 1.27. The molecule has 3 fully saturated rings. The van der Waals surface area contributed by atoms with E-state index in [-0.39, 0.29) is 24.1 Å². The van der Waals surface area contributed by atoms with Gasteiger partial charge in [-0.1, -0.05) is 0 Å². The molecule has 0 aliphatic carbocycles. The zero-order valence-electron chi connectivity index (χ0n) is 21.3. The number of esters is 1. The molecule has 198 valence electrons. The largest absolute Gasteiger partial charge is 0.458 e. The quantitative estimate of drug-likeness (QED) is 0.413. The topological polar surface area (TPSA) is 111 Å². The van der Waals surface area contributed by atoms with Crippen LogP contribution in [0.1, 0.15) is 59.3 Å². The predicted molar refractivity (Wildman–Crippen MR) is 133 cm³/mol. The Bertz CT molecular complexity index is 995. The fourth-order valence-corrected chi connectivity index (χ4v) is 5.19. The molecule has 0 aromatic heterocycles. The summed E-state index contributed by atoms with van der Waals surface area (Å²) in [5.74, 6) is -1.58. The van der Waals surface area contributed by atoms with Crippen LogP contribution in [0.25, 0.3) is 0 Å². The van der Waals surface area contributed by atoms with Crippen molar-refractivity contribution in [3.63, 3.8) is 0 Å². The van der Waals surface area contributed by atoms with Crippen molar-refractivity contribution in [3.8, 4) is 0 Å². The van der Waals surface area contributed by atoms with Gasteiger partial charge in [-0.3, -0.25) is 14.9 Å². The van der Waals surface area contributed by atoms with E-state index in [0.717, 1.165) is 12.8 Å². The number of hydrogen-bond donors (Lipinski definition) is 3. The molecule has 1 unspecified atom stereocenters. The molecule has 1 atom stereocenters. The van der Waals surface area contributed by atoms with Crippen molar-refractivity contribution in [2.45, 2.75) is 82.6 Å². The third-order valence-corrected chi connectivity index (χ3v) is 7.25. The Morgan fingerprint density at radius 3 is 2.39 bits per heavy atom. The van der Waals surface area contributed by atoms with Crippen LogP contribution < -0.4 is 15.5 Å². The molecule has 0 saturated carbocycles. The number of hydrogen-bond acceptors (Lipinski definition) is 8. The summed E-state index contributed by atoms with van der Waals surface area (Å²) in [5, 5.41) is 16.1. The first-order valence-electron chi connectivity index (χ1n) is 12.8. The fraction of sp³-hybridized carbons (Fsp3) is 0.654. The number of nitrogens with zero attached hydrogens (tertiary/aromatic N) is 2. The third kappa shape index (κ3) is 6.15. The molecule has 3 heterocycles. The highest BCUT2D eigenvalue weighted by Gasteiger charge is 2.43. The molecule has 3 aliphatic heterocycles. The van der Waals surface area contributed by atoms with E-state index < -0.39 is 23.2 Å². The summed E-state index contributed by atoms with van der Waals surface area (Å²) in [5.41, 5.74) is -1.03. The van der Waals surface area contributed by atoms with E-state index in [1.165, 1.54) is 6.07 Å². The fourth-order valence-electron chi connectivity index (χ4n) is 5.19. The van der Waals surface area contributed by atoms with Gasteiger partial charge >= 0.3 is 5.97 Å². The van der Waals surface area contributed by atoms with E-state index in [4.69, 9.17) is 4.74 Å². The van der Waals surface area contributed by atoms with Gasteiger partial charge in [0.05, 0.1) is 5.69 Å². The molecule has 36 heavy (non-hydrogen) atoms. The van der Waals surface area contributed by atoms with Crippen LogP contribution in [-0.4, -0.2) is 77.3 Å². The van der Waals surface area contributed by atoms with Crippen molar-refractivity contribution in [3.05, 3.63) is 24.0 Å². The van der Waals surface area contributed by atoms with E-state index >= 15 is 0 Å². The first-order valence-corrected chi connectivity index (χ1v) is 12.8. The lowest BCUT2D eigenvalue weighted by atomic mass is 9.89. The molecule has 3 aliphatic rings. The Labute approximate surface area is 211 Å². The summed E-state index contributed by atoms with van der Waals surface area (Å²) >= 11 is 0. The van der Waals surface area contributed by atoms with E-state index in [0.29, 0.717) is 62.9 Å². The Hall–Kier alpha value is -2.72. The van der Waals surface area contributed by atoms with Gasteiger partial charge in [-0.15, -0.1) is 0 Å².